The Labute approximate surface area is 135 Å². The van der Waals surface area contributed by atoms with E-state index in [4.69, 9.17) is 9.47 Å². The number of ether oxygens (including phenoxy) is 2. The van der Waals surface area contributed by atoms with Crippen molar-refractivity contribution >= 4 is 11.6 Å². The van der Waals surface area contributed by atoms with Crippen LogP contribution in [0.25, 0.3) is 5.65 Å². The molecule has 0 aliphatic carbocycles. The lowest BCUT2D eigenvalue weighted by Gasteiger charge is -2.21. The van der Waals surface area contributed by atoms with Gasteiger partial charge in [0.1, 0.15) is 5.65 Å². The first-order valence-corrected chi connectivity index (χ1v) is 7.48. The number of imidazole rings is 1. The molecule has 0 radical (unpaired) electrons. The molecule has 2 rings (SSSR count). The minimum atomic E-state index is -1.01. The fraction of sp³-hybridized carbons (Fsp3) is 0.500. The van der Waals surface area contributed by atoms with Crippen molar-refractivity contribution in [2.45, 2.75) is 13.5 Å². The van der Waals surface area contributed by atoms with Crippen molar-refractivity contribution in [1.29, 1.82) is 0 Å². The first-order chi connectivity index (χ1) is 11.1. The molecule has 0 saturated carbocycles. The molecule has 23 heavy (non-hydrogen) atoms. The molecule has 0 spiro atoms. The van der Waals surface area contributed by atoms with Crippen LogP contribution < -0.4 is 0 Å². The second kappa shape index (κ2) is 8.05. The summed E-state index contributed by atoms with van der Waals surface area (Å²) in [6.07, 6.45) is 1.91. The molecular weight excluding hydrogens is 298 g/mol. The molecule has 126 valence electrons. The number of fused-ring (bicyclic) bond motifs is 1. The summed E-state index contributed by atoms with van der Waals surface area (Å²) in [7, 11) is 3.30. The maximum absolute atomic E-state index is 11.5. The van der Waals surface area contributed by atoms with Crippen LogP contribution in [0.15, 0.2) is 18.3 Å². The van der Waals surface area contributed by atoms with E-state index in [0.29, 0.717) is 44.2 Å². The van der Waals surface area contributed by atoms with Gasteiger partial charge >= 0.3 is 5.97 Å². The van der Waals surface area contributed by atoms with E-state index in [1.807, 2.05) is 29.7 Å². The lowest BCUT2D eigenvalue weighted by molar-refractivity contribution is 0.0686. The van der Waals surface area contributed by atoms with E-state index in [9.17, 15) is 9.90 Å². The van der Waals surface area contributed by atoms with Crippen molar-refractivity contribution < 1.29 is 19.4 Å². The van der Waals surface area contributed by atoms with E-state index in [0.717, 1.165) is 5.56 Å². The average molecular weight is 321 g/mol. The Hall–Kier alpha value is -1.96. The minimum Gasteiger partial charge on any atom is -0.476 e. The summed E-state index contributed by atoms with van der Waals surface area (Å²) in [5.41, 5.74) is 2.45. The molecule has 0 atom stereocenters. The normalized spacial score (nSPS) is 11.5. The quantitative estimate of drug-likeness (QED) is 0.753. The van der Waals surface area contributed by atoms with Gasteiger partial charge in [-0.15, -0.1) is 0 Å². The van der Waals surface area contributed by atoms with Crippen molar-refractivity contribution in [2.75, 3.05) is 40.5 Å². The van der Waals surface area contributed by atoms with Crippen LogP contribution in [-0.4, -0.2) is 65.9 Å². The Morgan fingerprint density at radius 3 is 2.48 bits per heavy atom. The Morgan fingerprint density at radius 2 is 1.91 bits per heavy atom. The molecule has 0 amide bonds. The third kappa shape index (κ3) is 4.28. The zero-order chi connectivity index (χ0) is 16.8. The largest absolute Gasteiger partial charge is 0.476 e. The topological polar surface area (TPSA) is 76.3 Å². The van der Waals surface area contributed by atoms with E-state index in [2.05, 4.69) is 9.88 Å². The zero-order valence-corrected chi connectivity index (χ0v) is 13.8. The van der Waals surface area contributed by atoms with Gasteiger partial charge in [-0.1, -0.05) is 6.07 Å². The van der Waals surface area contributed by atoms with E-state index in [1.54, 1.807) is 14.2 Å². The van der Waals surface area contributed by atoms with E-state index in [1.165, 1.54) is 0 Å². The van der Waals surface area contributed by atoms with Gasteiger partial charge in [0.15, 0.2) is 5.69 Å². The molecule has 0 bridgehead atoms. The van der Waals surface area contributed by atoms with E-state index >= 15 is 0 Å². The number of pyridine rings is 1. The van der Waals surface area contributed by atoms with Gasteiger partial charge in [0, 0.05) is 40.1 Å². The van der Waals surface area contributed by atoms with Crippen LogP contribution >= 0.6 is 0 Å². The van der Waals surface area contributed by atoms with Gasteiger partial charge in [-0.05, 0) is 18.6 Å². The van der Waals surface area contributed by atoms with Crippen LogP contribution in [0.5, 0.6) is 0 Å². The van der Waals surface area contributed by atoms with Crippen LogP contribution in [0, 0.1) is 6.92 Å². The molecule has 0 aliphatic heterocycles. The summed E-state index contributed by atoms with van der Waals surface area (Å²) < 4.78 is 12.1. The van der Waals surface area contributed by atoms with Gasteiger partial charge in [-0.2, -0.15) is 0 Å². The number of methoxy groups -OCH3 is 2. The second-order valence-electron chi connectivity index (χ2n) is 5.41. The van der Waals surface area contributed by atoms with Gasteiger partial charge in [0.2, 0.25) is 0 Å². The molecule has 1 N–H and O–H groups in total. The van der Waals surface area contributed by atoms with Crippen molar-refractivity contribution in [3.05, 3.63) is 35.3 Å². The number of rotatable bonds is 9. The number of aromatic nitrogens is 2. The summed E-state index contributed by atoms with van der Waals surface area (Å²) in [6, 6.07) is 3.76. The molecule has 7 heteroatoms. The third-order valence-corrected chi connectivity index (χ3v) is 3.66. The van der Waals surface area contributed by atoms with Crippen molar-refractivity contribution in [3.63, 3.8) is 0 Å². The minimum absolute atomic E-state index is 0.0930. The lowest BCUT2D eigenvalue weighted by Crippen LogP contribution is -2.31. The van der Waals surface area contributed by atoms with Gasteiger partial charge in [-0.25, -0.2) is 9.78 Å². The Kier molecular flexibility index (Phi) is 6.09. The van der Waals surface area contributed by atoms with Crippen molar-refractivity contribution in [3.8, 4) is 0 Å². The molecule has 2 aromatic heterocycles. The first kappa shape index (κ1) is 17.4. The Morgan fingerprint density at radius 1 is 1.26 bits per heavy atom. The lowest BCUT2D eigenvalue weighted by atomic mass is 10.2. The highest BCUT2D eigenvalue weighted by Crippen LogP contribution is 2.16. The highest BCUT2D eigenvalue weighted by molar-refractivity contribution is 5.88. The maximum atomic E-state index is 11.5. The molecule has 2 heterocycles. The van der Waals surface area contributed by atoms with E-state index in [-0.39, 0.29) is 5.69 Å². The summed E-state index contributed by atoms with van der Waals surface area (Å²) >= 11 is 0. The fourth-order valence-corrected chi connectivity index (χ4v) is 2.44. The average Bonchev–Trinajstić information content (AvgIpc) is 2.88. The predicted molar refractivity (Wildman–Crippen MR) is 85.9 cm³/mol. The standard InChI is InChI=1S/C16H23N3O4/c1-12-4-5-14-17-15(16(20)21)13(19(14)10-12)11-18(6-8-22-2)7-9-23-3/h4-5,10H,6-9,11H2,1-3H3,(H,20,21). The third-order valence-electron chi connectivity index (χ3n) is 3.66. The molecular formula is C16H23N3O4. The number of carboxylic acids is 1. The molecule has 2 aromatic rings. The summed E-state index contributed by atoms with van der Waals surface area (Å²) in [5.74, 6) is -1.01. The van der Waals surface area contributed by atoms with Gasteiger partial charge < -0.3 is 19.0 Å². The van der Waals surface area contributed by atoms with Crippen LogP contribution in [0.4, 0.5) is 0 Å². The van der Waals surface area contributed by atoms with Crippen LogP contribution in [-0.2, 0) is 16.0 Å². The molecule has 0 aromatic carbocycles. The number of aryl methyl sites for hydroxylation is 1. The second-order valence-corrected chi connectivity index (χ2v) is 5.41. The number of carboxylic acid groups (broad SMARTS) is 1. The van der Waals surface area contributed by atoms with E-state index < -0.39 is 5.97 Å². The number of nitrogens with zero attached hydrogens (tertiary/aromatic N) is 3. The van der Waals surface area contributed by atoms with Crippen LogP contribution in [0.1, 0.15) is 21.7 Å². The summed E-state index contributed by atoms with van der Waals surface area (Å²) in [5, 5.41) is 9.46. The highest BCUT2D eigenvalue weighted by Gasteiger charge is 2.20. The van der Waals surface area contributed by atoms with Crippen LogP contribution in [0.3, 0.4) is 0 Å². The molecule has 0 aliphatic rings. The smallest absolute Gasteiger partial charge is 0.356 e. The number of hydrogen-bond donors (Lipinski definition) is 1. The van der Waals surface area contributed by atoms with Gasteiger partial charge in [-0.3, -0.25) is 4.90 Å². The first-order valence-electron chi connectivity index (χ1n) is 7.48. The van der Waals surface area contributed by atoms with Crippen molar-refractivity contribution in [2.24, 2.45) is 0 Å². The predicted octanol–water partition coefficient (Wildman–Crippen LogP) is 1.44. The summed E-state index contributed by atoms with van der Waals surface area (Å²) in [6.45, 7) is 4.97. The molecule has 7 nitrogen and oxygen atoms in total. The molecule has 0 unspecified atom stereocenters. The fourth-order valence-electron chi connectivity index (χ4n) is 2.44. The monoisotopic (exact) mass is 321 g/mol. The zero-order valence-electron chi connectivity index (χ0n) is 13.8. The molecule has 0 fully saturated rings. The Balaban J connectivity index is 2.35. The maximum Gasteiger partial charge on any atom is 0.356 e. The number of carbonyl (C=O) groups is 1. The SMILES string of the molecule is COCCN(CCOC)Cc1c(C(=O)O)nc2ccc(C)cn12. The highest BCUT2D eigenvalue weighted by atomic mass is 16.5. The number of aromatic carboxylic acids is 1. The van der Waals surface area contributed by atoms with Crippen LogP contribution in [0.2, 0.25) is 0 Å². The van der Waals surface area contributed by atoms with Gasteiger partial charge in [0.25, 0.3) is 0 Å². The molecule has 0 saturated heterocycles. The van der Waals surface area contributed by atoms with Gasteiger partial charge in [0.05, 0.1) is 18.9 Å². The van der Waals surface area contributed by atoms with Crippen molar-refractivity contribution in [1.82, 2.24) is 14.3 Å². The number of hydrogen-bond acceptors (Lipinski definition) is 5. The summed E-state index contributed by atoms with van der Waals surface area (Å²) in [4.78, 5) is 17.9. The Bertz CT molecular complexity index is 661.